The van der Waals surface area contributed by atoms with E-state index in [4.69, 9.17) is 0 Å². The van der Waals surface area contributed by atoms with Crippen molar-refractivity contribution in [3.63, 3.8) is 0 Å². The first-order valence-corrected chi connectivity index (χ1v) is 18.3. The van der Waals surface area contributed by atoms with E-state index in [1.54, 1.807) is 16.7 Å². The van der Waals surface area contributed by atoms with Crippen molar-refractivity contribution in [2.75, 3.05) is 6.66 Å². The number of aryl methyl sites for hydroxylation is 1. The van der Waals surface area contributed by atoms with E-state index < -0.39 is 0 Å². The normalized spacial score (nSPS) is 10.9. The molecule has 0 spiro atoms. The van der Waals surface area contributed by atoms with Gasteiger partial charge < -0.3 is 0 Å². The van der Waals surface area contributed by atoms with E-state index in [2.05, 4.69) is 64.7 Å². The molecule has 1 aromatic carbocycles. The molecule has 1 atom stereocenters. The molecule has 0 heterocycles. The van der Waals surface area contributed by atoms with Gasteiger partial charge >= 0.3 is 0 Å². The summed E-state index contributed by atoms with van der Waals surface area (Å²) in [4.78, 5) is 0. The first-order chi connectivity index (χ1) is 17.7. The third kappa shape index (κ3) is 19.4. The molecule has 212 valence electrons. The number of hydrogen-bond acceptors (Lipinski definition) is 0. The van der Waals surface area contributed by atoms with Crippen LogP contribution in [0.1, 0.15) is 172 Å². The molecule has 2 heteroatoms. The van der Waals surface area contributed by atoms with Crippen molar-refractivity contribution in [3.05, 3.63) is 32.4 Å². The number of hydrogen-bond donors (Lipinski definition) is 0. The molecule has 1 unspecified atom stereocenters. The Morgan fingerprint density at radius 2 is 0.778 bits per heavy atom. The van der Waals surface area contributed by atoms with Crippen LogP contribution in [0.5, 0.6) is 0 Å². The Bertz CT molecular complexity index is 583. The van der Waals surface area contributed by atoms with Crippen molar-refractivity contribution in [1.29, 1.82) is 0 Å². The highest BCUT2D eigenvalue weighted by Gasteiger charge is 2.12. The van der Waals surface area contributed by atoms with E-state index in [1.807, 2.05) is 6.66 Å². The smallest absolute Gasteiger partial charge is 0.0165 e. The largest absolute Gasteiger partial charge is 0.141 e. The first kappa shape index (κ1) is 36.4. The van der Waals surface area contributed by atoms with Gasteiger partial charge in [-0.1, -0.05) is 149 Å². The molecule has 0 aliphatic rings. The highest BCUT2D eigenvalue weighted by Crippen LogP contribution is 2.27. The molecule has 0 radical (unpaired) electrons. The molecule has 36 heavy (non-hydrogen) atoms. The fourth-order valence-electron chi connectivity index (χ4n) is 5.32. The Kier molecular flexibility index (Phi) is 28.7. The predicted octanol–water partition coefficient (Wildman–Crippen LogP) is 12.7. The predicted molar refractivity (Wildman–Crippen MR) is 180 cm³/mol. The molecule has 0 aliphatic heterocycles. The van der Waals surface area contributed by atoms with E-state index in [-0.39, 0.29) is 0 Å². The van der Waals surface area contributed by atoms with Crippen molar-refractivity contribution in [2.24, 2.45) is 0 Å². The maximum atomic E-state index is 2.63. The molecule has 0 N–H and O–H groups in total. The topological polar surface area (TPSA) is 0 Å². The van der Waals surface area contributed by atoms with Gasteiger partial charge in [-0.2, -0.15) is 0 Å². The van der Waals surface area contributed by atoms with Crippen LogP contribution in [-0.2, 0) is 19.3 Å². The summed E-state index contributed by atoms with van der Waals surface area (Å²) in [7, 11) is 2.42. The van der Waals surface area contributed by atoms with Crippen LogP contribution >= 0.6 is 31.8 Å². The molecular weight excluding hydrogens is 566 g/mol. The van der Waals surface area contributed by atoms with Gasteiger partial charge in [0.2, 0.25) is 0 Å². The lowest BCUT2D eigenvalue weighted by atomic mass is 9.90. The van der Waals surface area contributed by atoms with Gasteiger partial charge in [-0.3, -0.25) is 0 Å². The van der Waals surface area contributed by atoms with E-state index in [9.17, 15) is 0 Å². The molecule has 0 nitrogen and oxygen atoms in total. The molecule has 0 bridgehead atoms. The Hall–Kier alpha value is 0.380. The first-order valence-electron chi connectivity index (χ1n) is 16.1. The quantitative estimate of drug-likeness (QED) is 0.0606. The van der Waals surface area contributed by atoms with E-state index in [0.29, 0.717) is 0 Å². The van der Waals surface area contributed by atoms with Crippen molar-refractivity contribution >= 4 is 31.8 Å². The van der Waals surface area contributed by atoms with Crippen molar-refractivity contribution in [3.8, 4) is 0 Å². The average molecular weight is 631 g/mol. The summed E-state index contributed by atoms with van der Waals surface area (Å²) in [6.07, 6.45) is 33.6. The number of rotatable bonds is 24. The Morgan fingerprint density at radius 1 is 0.444 bits per heavy atom. The molecule has 0 aliphatic carbocycles. The maximum absolute atomic E-state index is 2.63. The lowest BCUT2D eigenvalue weighted by molar-refractivity contribution is 0.578. The molecule has 0 fully saturated rings. The zero-order valence-corrected chi connectivity index (χ0v) is 28.4. The zero-order valence-electron chi connectivity index (χ0n) is 25.1. The van der Waals surface area contributed by atoms with Crippen LogP contribution in [0.4, 0.5) is 0 Å². The van der Waals surface area contributed by atoms with Crippen LogP contribution in [-0.4, -0.2) is 6.66 Å². The minimum atomic E-state index is 1.31. The Labute approximate surface area is 244 Å². The minimum Gasteiger partial charge on any atom is -0.141 e. The van der Waals surface area contributed by atoms with Gasteiger partial charge in [0.1, 0.15) is 0 Å². The minimum absolute atomic E-state index is 1.31. The second kappa shape index (κ2) is 28.4. The number of halogens is 1. The van der Waals surface area contributed by atoms with Crippen molar-refractivity contribution in [1.82, 2.24) is 0 Å². The average Bonchev–Trinajstić information content (AvgIpc) is 2.90. The maximum Gasteiger partial charge on any atom is 0.0165 e. The third-order valence-electron chi connectivity index (χ3n) is 7.58. The summed E-state index contributed by atoms with van der Waals surface area (Å²) in [5, 5.41) is 0. The highest BCUT2D eigenvalue weighted by atomic mass is 127. The molecule has 0 amide bonds. The van der Waals surface area contributed by atoms with E-state index in [0.717, 1.165) is 0 Å². The molecular formula is C34H64IP. The summed E-state index contributed by atoms with van der Waals surface area (Å²) in [5.41, 5.74) is 5.18. The Balaban J connectivity index is 0.00000596. The van der Waals surface area contributed by atoms with E-state index in [1.165, 1.54) is 158 Å². The highest BCUT2D eigenvalue weighted by molar-refractivity contribution is 14.1. The summed E-state index contributed by atoms with van der Waals surface area (Å²) >= 11 is 2.63. The Morgan fingerprint density at radius 3 is 1.19 bits per heavy atom. The van der Waals surface area contributed by atoms with Crippen LogP contribution in [0.3, 0.4) is 0 Å². The van der Waals surface area contributed by atoms with E-state index >= 15 is 0 Å². The molecule has 0 saturated heterocycles. The van der Waals surface area contributed by atoms with Gasteiger partial charge in [-0.15, -0.1) is 9.24 Å². The van der Waals surface area contributed by atoms with Gasteiger partial charge in [0.05, 0.1) is 0 Å². The second-order valence-electron chi connectivity index (χ2n) is 10.8. The second-order valence-corrected chi connectivity index (χ2v) is 11.9. The van der Waals surface area contributed by atoms with Gasteiger partial charge in [-0.25, -0.2) is 0 Å². The molecule has 1 rings (SSSR count). The summed E-state index contributed by atoms with van der Waals surface area (Å²) in [5.74, 6) is 0. The van der Waals surface area contributed by atoms with Gasteiger partial charge in [0.25, 0.3) is 0 Å². The fraction of sp³-hybridized carbons (Fsp3) is 0.824. The lowest BCUT2D eigenvalue weighted by Gasteiger charge is -2.18. The van der Waals surface area contributed by atoms with Gasteiger partial charge in [0.15, 0.2) is 0 Å². The van der Waals surface area contributed by atoms with Gasteiger partial charge in [0, 0.05) is 3.57 Å². The van der Waals surface area contributed by atoms with Crippen LogP contribution in [0.25, 0.3) is 0 Å². The van der Waals surface area contributed by atoms with Crippen LogP contribution < -0.4 is 0 Å². The molecule has 1 aromatic rings. The summed E-state index contributed by atoms with van der Waals surface area (Å²) in [6.45, 7) is 8.86. The summed E-state index contributed by atoms with van der Waals surface area (Å²) < 4.78 is 1.53. The van der Waals surface area contributed by atoms with Crippen molar-refractivity contribution < 1.29 is 0 Å². The molecule has 0 saturated carbocycles. The SMILES string of the molecule is CCCCCCCCCc1ccc(I)c(CCCCCCCCC)c1CCCCCCCCC.CP. The number of unbranched alkanes of at least 4 members (excludes halogenated alkanes) is 18. The van der Waals surface area contributed by atoms with Crippen LogP contribution in [0.15, 0.2) is 12.1 Å². The standard InChI is InChI=1S/C33H59I.CH5P/c1-4-7-10-13-16-19-22-25-30-28-29-33(34)32(27-24-21-18-15-12-9-6-3)31(30)26-23-20-17-14-11-8-5-2;1-2/h28-29H,4-27H2,1-3H3;2H2,1H3. The van der Waals surface area contributed by atoms with Crippen LogP contribution in [0, 0.1) is 3.57 Å². The third-order valence-corrected chi connectivity index (χ3v) is 8.59. The lowest BCUT2D eigenvalue weighted by Crippen LogP contribution is -2.04. The fourth-order valence-corrected chi connectivity index (χ4v) is 6.09. The monoisotopic (exact) mass is 630 g/mol. The van der Waals surface area contributed by atoms with Gasteiger partial charge in [-0.05, 0) is 83.9 Å². The van der Waals surface area contributed by atoms with Crippen LogP contribution in [0.2, 0.25) is 0 Å². The number of benzene rings is 1. The summed E-state index contributed by atoms with van der Waals surface area (Å²) in [6, 6.07) is 4.92. The molecule has 0 aromatic heterocycles. The van der Waals surface area contributed by atoms with Crippen molar-refractivity contribution in [2.45, 2.75) is 175 Å². The zero-order chi connectivity index (χ0) is 26.7.